The number of aromatic amines is 1. The van der Waals surface area contributed by atoms with Crippen molar-refractivity contribution in [3.05, 3.63) is 29.8 Å². The minimum atomic E-state index is -0.906. The highest BCUT2D eigenvalue weighted by molar-refractivity contribution is 6.05. The molecule has 0 radical (unpaired) electrons. The van der Waals surface area contributed by atoms with Crippen LogP contribution in [0.25, 0.3) is 11.0 Å². The van der Waals surface area contributed by atoms with Crippen molar-refractivity contribution < 1.29 is 19.1 Å². The van der Waals surface area contributed by atoms with Gasteiger partial charge in [-0.05, 0) is 25.0 Å². The van der Waals surface area contributed by atoms with Crippen LogP contribution in [0.2, 0.25) is 0 Å². The Morgan fingerprint density at radius 2 is 2.24 bits per heavy atom. The Hall–Kier alpha value is -2.44. The van der Waals surface area contributed by atoms with Crippen LogP contribution in [0.4, 0.5) is 4.39 Å². The summed E-state index contributed by atoms with van der Waals surface area (Å²) >= 11 is 0. The van der Waals surface area contributed by atoms with Gasteiger partial charge in [0.05, 0.1) is 23.3 Å². The highest BCUT2D eigenvalue weighted by atomic mass is 19.1. The standard InChI is InChI=1S/C14H14FN3O3/c15-9-4-10(12-11(5-9)16-7-17-12)13(19)18-3-1-2-8(6-18)14(20)21/h4-5,7-8H,1-3,6H2,(H,16,17)(H,20,21)/t8-/m0/s1. The molecule has 110 valence electrons. The number of hydrogen-bond acceptors (Lipinski definition) is 3. The number of carbonyl (C=O) groups excluding carboxylic acids is 1. The Labute approximate surface area is 119 Å². The third-order valence-electron chi connectivity index (χ3n) is 3.78. The van der Waals surface area contributed by atoms with Gasteiger partial charge in [-0.25, -0.2) is 9.37 Å². The van der Waals surface area contributed by atoms with Gasteiger partial charge in [0.15, 0.2) is 0 Å². The Morgan fingerprint density at radius 1 is 1.43 bits per heavy atom. The van der Waals surface area contributed by atoms with E-state index in [9.17, 15) is 14.0 Å². The number of piperidine rings is 1. The Morgan fingerprint density at radius 3 is 3.00 bits per heavy atom. The van der Waals surface area contributed by atoms with Gasteiger partial charge < -0.3 is 15.0 Å². The monoisotopic (exact) mass is 291 g/mol. The van der Waals surface area contributed by atoms with Crippen molar-refractivity contribution in [2.75, 3.05) is 13.1 Å². The summed E-state index contributed by atoms with van der Waals surface area (Å²) in [5.74, 6) is -2.37. The molecule has 1 aromatic carbocycles. The van der Waals surface area contributed by atoms with Gasteiger partial charge in [0, 0.05) is 13.1 Å². The molecule has 1 saturated heterocycles. The SMILES string of the molecule is O=C(O)[C@H]1CCCN(C(=O)c2cc(F)cc3[nH]cnc23)C1. The zero-order chi connectivity index (χ0) is 15.0. The number of carbonyl (C=O) groups is 2. The second-order valence-corrected chi connectivity index (χ2v) is 5.18. The van der Waals surface area contributed by atoms with Crippen molar-refractivity contribution >= 4 is 22.9 Å². The van der Waals surface area contributed by atoms with Crippen LogP contribution in [0, 0.1) is 11.7 Å². The van der Waals surface area contributed by atoms with Gasteiger partial charge in [0.2, 0.25) is 0 Å². The third kappa shape index (κ3) is 2.46. The highest BCUT2D eigenvalue weighted by Gasteiger charge is 2.29. The first-order chi connectivity index (χ1) is 10.1. The molecular weight excluding hydrogens is 277 g/mol. The number of nitrogens with zero attached hydrogens (tertiary/aromatic N) is 2. The second-order valence-electron chi connectivity index (χ2n) is 5.18. The number of nitrogens with one attached hydrogen (secondary N) is 1. The molecule has 1 fully saturated rings. The highest BCUT2D eigenvalue weighted by Crippen LogP contribution is 2.23. The molecule has 1 atom stereocenters. The maximum Gasteiger partial charge on any atom is 0.308 e. The molecule has 1 amide bonds. The van der Waals surface area contributed by atoms with E-state index < -0.39 is 17.7 Å². The summed E-state index contributed by atoms with van der Waals surface area (Å²) in [6.45, 7) is 0.627. The molecular formula is C14H14FN3O3. The molecule has 0 aliphatic carbocycles. The Bertz CT molecular complexity index is 713. The topological polar surface area (TPSA) is 86.3 Å². The number of benzene rings is 1. The van der Waals surface area contributed by atoms with E-state index in [0.717, 1.165) is 6.07 Å². The largest absolute Gasteiger partial charge is 0.481 e. The van der Waals surface area contributed by atoms with Crippen molar-refractivity contribution in [1.82, 2.24) is 14.9 Å². The minimum Gasteiger partial charge on any atom is -0.481 e. The van der Waals surface area contributed by atoms with Gasteiger partial charge >= 0.3 is 5.97 Å². The molecule has 7 heteroatoms. The summed E-state index contributed by atoms with van der Waals surface area (Å²) in [6, 6.07) is 2.42. The molecule has 21 heavy (non-hydrogen) atoms. The third-order valence-corrected chi connectivity index (χ3v) is 3.78. The summed E-state index contributed by atoms with van der Waals surface area (Å²) in [5, 5.41) is 9.08. The van der Waals surface area contributed by atoms with E-state index in [1.807, 2.05) is 0 Å². The number of imidazole rings is 1. The molecule has 2 aromatic rings. The number of carboxylic acids is 1. The molecule has 0 spiro atoms. The molecule has 1 aromatic heterocycles. The fraction of sp³-hybridized carbons (Fsp3) is 0.357. The molecule has 2 N–H and O–H groups in total. The number of H-pyrrole nitrogens is 1. The van der Waals surface area contributed by atoms with Crippen LogP contribution in [-0.2, 0) is 4.79 Å². The summed E-state index contributed by atoms with van der Waals surface area (Å²) in [6.07, 6.45) is 2.58. The van der Waals surface area contributed by atoms with Crippen molar-refractivity contribution in [1.29, 1.82) is 0 Å². The maximum absolute atomic E-state index is 13.6. The normalized spacial score (nSPS) is 18.9. The van der Waals surface area contributed by atoms with Crippen LogP contribution < -0.4 is 0 Å². The number of aromatic nitrogens is 2. The molecule has 3 rings (SSSR count). The number of hydrogen-bond donors (Lipinski definition) is 2. The van der Waals surface area contributed by atoms with E-state index in [0.29, 0.717) is 30.4 Å². The van der Waals surface area contributed by atoms with E-state index in [-0.39, 0.29) is 18.0 Å². The van der Waals surface area contributed by atoms with E-state index >= 15 is 0 Å². The Balaban J connectivity index is 1.93. The van der Waals surface area contributed by atoms with E-state index in [2.05, 4.69) is 9.97 Å². The van der Waals surface area contributed by atoms with E-state index in [1.165, 1.54) is 17.3 Å². The maximum atomic E-state index is 13.6. The summed E-state index contributed by atoms with van der Waals surface area (Å²) in [5.41, 5.74) is 1.02. The fourth-order valence-electron chi connectivity index (χ4n) is 2.71. The second kappa shape index (κ2) is 5.16. The predicted molar refractivity (Wildman–Crippen MR) is 72.3 cm³/mol. The molecule has 1 aliphatic heterocycles. The zero-order valence-electron chi connectivity index (χ0n) is 11.2. The van der Waals surface area contributed by atoms with Crippen LogP contribution in [0.5, 0.6) is 0 Å². The minimum absolute atomic E-state index is 0.149. The van der Waals surface area contributed by atoms with Crippen LogP contribution in [-0.4, -0.2) is 44.9 Å². The summed E-state index contributed by atoms with van der Waals surface area (Å²) in [4.78, 5) is 31.9. The molecule has 6 nitrogen and oxygen atoms in total. The van der Waals surface area contributed by atoms with Crippen LogP contribution in [0.3, 0.4) is 0 Å². The number of fused-ring (bicyclic) bond motifs is 1. The van der Waals surface area contributed by atoms with Crippen LogP contribution in [0.1, 0.15) is 23.2 Å². The lowest BCUT2D eigenvalue weighted by atomic mass is 9.97. The molecule has 1 aliphatic rings. The first kappa shape index (κ1) is 13.5. The number of amides is 1. The fourth-order valence-corrected chi connectivity index (χ4v) is 2.71. The van der Waals surface area contributed by atoms with Crippen molar-refractivity contribution in [3.8, 4) is 0 Å². The first-order valence-electron chi connectivity index (χ1n) is 6.71. The molecule has 0 saturated carbocycles. The lowest BCUT2D eigenvalue weighted by Gasteiger charge is -2.30. The lowest BCUT2D eigenvalue weighted by Crippen LogP contribution is -2.42. The molecule has 2 heterocycles. The predicted octanol–water partition coefficient (Wildman–Crippen LogP) is 1.64. The number of halogens is 1. The van der Waals surface area contributed by atoms with Gasteiger partial charge in [-0.15, -0.1) is 0 Å². The van der Waals surface area contributed by atoms with Crippen molar-refractivity contribution in [3.63, 3.8) is 0 Å². The summed E-state index contributed by atoms with van der Waals surface area (Å²) < 4.78 is 13.6. The summed E-state index contributed by atoms with van der Waals surface area (Å²) in [7, 11) is 0. The molecule has 0 bridgehead atoms. The van der Waals surface area contributed by atoms with Gasteiger partial charge in [-0.2, -0.15) is 0 Å². The first-order valence-corrected chi connectivity index (χ1v) is 6.71. The number of likely N-dealkylation sites (tertiary alicyclic amines) is 1. The van der Waals surface area contributed by atoms with Gasteiger partial charge in [-0.1, -0.05) is 0 Å². The Kier molecular flexibility index (Phi) is 3.32. The average molecular weight is 291 g/mol. The quantitative estimate of drug-likeness (QED) is 0.880. The lowest BCUT2D eigenvalue weighted by molar-refractivity contribution is -0.143. The van der Waals surface area contributed by atoms with Crippen LogP contribution in [0.15, 0.2) is 18.5 Å². The van der Waals surface area contributed by atoms with Gasteiger partial charge in [-0.3, -0.25) is 9.59 Å². The smallest absolute Gasteiger partial charge is 0.308 e. The average Bonchev–Trinajstić information content (AvgIpc) is 2.93. The number of aliphatic carboxylic acids is 1. The number of carboxylic acid groups (broad SMARTS) is 1. The zero-order valence-corrected chi connectivity index (χ0v) is 11.2. The van der Waals surface area contributed by atoms with Gasteiger partial charge in [0.1, 0.15) is 11.3 Å². The van der Waals surface area contributed by atoms with Gasteiger partial charge in [0.25, 0.3) is 5.91 Å². The van der Waals surface area contributed by atoms with E-state index in [1.54, 1.807) is 0 Å². The van der Waals surface area contributed by atoms with Crippen molar-refractivity contribution in [2.45, 2.75) is 12.8 Å². The number of rotatable bonds is 2. The van der Waals surface area contributed by atoms with E-state index in [4.69, 9.17) is 5.11 Å². The molecule has 0 unspecified atom stereocenters. The van der Waals surface area contributed by atoms with Crippen LogP contribution >= 0.6 is 0 Å². The van der Waals surface area contributed by atoms with Crippen molar-refractivity contribution in [2.24, 2.45) is 5.92 Å².